The zero-order valence-corrected chi connectivity index (χ0v) is 9.15. The molecule has 16 heavy (non-hydrogen) atoms. The number of imidazole rings is 1. The van der Waals surface area contributed by atoms with Crippen molar-refractivity contribution in [3.05, 3.63) is 23.5 Å². The Labute approximate surface area is 96.0 Å². The average molecular weight is 241 g/mol. The number of ether oxygens (including phenoxy) is 1. The van der Waals surface area contributed by atoms with E-state index in [0.717, 1.165) is 5.52 Å². The summed E-state index contributed by atoms with van der Waals surface area (Å²) in [5.41, 5.74) is 6.34. The largest absolute Gasteiger partial charge is 0.412 e. The molecule has 3 N–H and O–H groups in total. The van der Waals surface area contributed by atoms with E-state index >= 15 is 0 Å². The van der Waals surface area contributed by atoms with E-state index in [0.29, 0.717) is 11.0 Å². The van der Waals surface area contributed by atoms with Crippen LogP contribution in [-0.2, 0) is 0 Å². The number of carbonyl (C=O) groups excluding carboxylic acids is 1. The summed E-state index contributed by atoms with van der Waals surface area (Å²) in [5.74, 6) is 0.520. The lowest BCUT2D eigenvalue weighted by Crippen LogP contribution is -2.22. The standard InChI is InChI=1S/C9H9ClN4O2/c1-12-9(15)16-7-4-14-5(2-6(7)10)3-13-8(14)11/h2-4H,1H3,(H2,11,13)(H,12,15). The van der Waals surface area contributed by atoms with Crippen molar-refractivity contribution in [2.24, 2.45) is 0 Å². The predicted molar refractivity (Wildman–Crippen MR) is 59.7 cm³/mol. The van der Waals surface area contributed by atoms with Gasteiger partial charge in [-0.05, 0) is 6.07 Å². The summed E-state index contributed by atoms with van der Waals surface area (Å²) in [6.07, 6.45) is 2.49. The molecule has 0 aliphatic rings. The zero-order chi connectivity index (χ0) is 11.7. The summed E-state index contributed by atoms with van der Waals surface area (Å²) < 4.78 is 6.51. The first-order valence-corrected chi connectivity index (χ1v) is 4.81. The van der Waals surface area contributed by atoms with Crippen LogP contribution in [0.25, 0.3) is 5.52 Å². The first-order chi connectivity index (χ1) is 7.61. The molecule has 0 saturated carbocycles. The molecule has 0 atom stereocenters. The Morgan fingerprint density at radius 2 is 2.44 bits per heavy atom. The number of nitrogens with one attached hydrogen (secondary N) is 1. The third-order valence-corrected chi connectivity index (χ3v) is 2.31. The third kappa shape index (κ3) is 1.74. The van der Waals surface area contributed by atoms with Gasteiger partial charge in [-0.15, -0.1) is 0 Å². The van der Waals surface area contributed by atoms with Gasteiger partial charge in [0.1, 0.15) is 0 Å². The number of rotatable bonds is 1. The van der Waals surface area contributed by atoms with Crippen molar-refractivity contribution in [3.63, 3.8) is 0 Å². The lowest BCUT2D eigenvalue weighted by Gasteiger charge is -2.06. The van der Waals surface area contributed by atoms with Gasteiger partial charge in [0, 0.05) is 7.05 Å². The molecular formula is C9H9ClN4O2. The molecule has 0 fully saturated rings. The number of fused-ring (bicyclic) bond motifs is 1. The third-order valence-electron chi connectivity index (χ3n) is 2.02. The monoisotopic (exact) mass is 240 g/mol. The maximum absolute atomic E-state index is 11.0. The fraction of sp³-hybridized carbons (Fsp3) is 0.111. The van der Waals surface area contributed by atoms with Crippen molar-refractivity contribution in [1.82, 2.24) is 14.7 Å². The molecule has 0 saturated heterocycles. The van der Waals surface area contributed by atoms with E-state index in [2.05, 4.69) is 10.3 Å². The number of pyridine rings is 1. The fourth-order valence-corrected chi connectivity index (χ4v) is 1.44. The molecule has 0 aromatic carbocycles. The van der Waals surface area contributed by atoms with Gasteiger partial charge < -0.3 is 15.8 Å². The smallest absolute Gasteiger partial charge is 0.407 e. The number of nitrogens with zero attached hydrogens (tertiary/aromatic N) is 2. The maximum atomic E-state index is 11.0. The minimum atomic E-state index is -0.597. The number of amides is 1. The van der Waals surface area contributed by atoms with Crippen molar-refractivity contribution in [2.45, 2.75) is 0 Å². The Bertz CT molecular complexity index is 552. The minimum Gasteiger partial charge on any atom is -0.407 e. The van der Waals surface area contributed by atoms with Crippen LogP contribution in [0.2, 0.25) is 5.02 Å². The summed E-state index contributed by atoms with van der Waals surface area (Å²) >= 11 is 5.93. The van der Waals surface area contributed by atoms with Crippen molar-refractivity contribution >= 4 is 29.2 Å². The summed E-state index contributed by atoms with van der Waals surface area (Å²) in [7, 11) is 1.46. The Hall–Kier alpha value is -1.95. The quantitative estimate of drug-likeness (QED) is 0.787. The molecule has 0 unspecified atom stereocenters. The number of anilines is 1. The molecule has 0 aliphatic heterocycles. The van der Waals surface area contributed by atoms with E-state index in [1.807, 2.05) is 0 Å². The Morgan fingerprint density at radius 1 is 1.69 bits per heavy atom. The molecular weight excluding hydrogens is 232 g/mol. The van der Waals surface area contributed by atoms with Gasteiger partial charge in [0.2, 0.25) is 5.95 Å². The van der Waals surface area contributed by atoms with Gasteiger partial charge in [-0.1, -0.05) is 11.6 Å². The van der Waals surface area contributed by atoms with Crippen LogP contribution in [0.5, 0.6) is 5.75 Å². The van der Waals surface area contributed by atoms with E-state index in [4.69, 9.17) is 22.1 Å². The molecule has 1 amide bonds. The van der Waals surface area contributed by atoms with Crippen LogP contribution in [0.15, 0.2) is 18.5 Å². The van der Waals surface area contributed by atoms with Crippen LogP contribution in [0.4, 0.5) is 10.7 Å². The summed E-state index contributed by atoms with van der Waals surface area (Å²) in [5, 5.41) is 2.64. The highest BCUT2D eigenvalue weighted by Gasteiger charge is 2.10. The number of carbonyl (C=O) groups is 1. The molecule has 7 heteroatoms. The Kier molecular flexibility index (Phi) is 2.57. The summed E-state index contributed by atoms with van der Waals surface area (Å²) in [6, 6.07) is 1.61. The van der Waals surface area contributed by atoms with Gasteiger partial charge in [0.15, 0.2) is 5.75 Å². The maximum Gasteiger partial charge on any atom is 0.412 e. The van der Waals surface area contributed by atoms with Crippen molar-refractivity contribution in [2.75, 3.05) is 12.8 Å². The molecule has 2 aromatic rings. The number of nitrogen functional groups attached to an aromatic ring is 1. The normalized spacial score (nSPS) is 10.4. The van der Waals surface area contributed by atoms with Gasteiger partial charge in [-0.2, -0.15) is 0 Å². The van der Waals surface area contributed by atoms with Crippen LogP contribution in [0.3, 0.4) is 0 Å². The fourth-order valence-electron chi connectivity index (χ4n) is 1.24. The van der Waals surface area contributed by atoms with E-state index in [1.165, 1.54) is 13.2 Å². The Morgan fingerprint density at radius 3 is 3.12 bits per heavy atom. The van der Waals surface area contributed by atoms with Crippen molar-refractivity contribution < 1.29 is 9.53 Å². The first-order valence-electron chi connectivity index (χ1n) is 4.43. The van der Waals surface area contributed by atoms with Gasteiger partial charge in [0.25, 0.3) is 0 Å². The van der Waals surface area contributed by atoms with Gasteiger partial charge >= 0.3 is 6.09 Å². The van der Waals surface area contributed by atoms with E-state index < -0.39 is 6.09 Å². The lowest BCUT2D eigenvalue weighted by atomic mass is 10.4. The topological polar surface area (TPSA) is 81.6 Å². The molecule has 6 nitrogen and oxygen atoms in total. The zero-order valence-electron chi connectivity index (χ0n) is 8.40. The van der Waals surface area contributed by atoms with E-state index in [9.17, 15) is 4.79 Å². The molecule has 0 spiro atoms. The van der Waals surface area contributed by atoms with Gasteiger partial charge in [-0.25, -0.2) is 9.78 Å². The van der Waals surface area contributed by atoms with Gasteiger partial charge in [-0.3, -0.25) is 4.40 Å². The molecule has 84 valence electrons. The van der Waals surface area contributed by atoms with Crippen LogP contribution in [0.1, 0.15) is 0 Å². The number of aromatic nitrogens is 2. The molecule has 2 heterocycles. The highest BCUT2D eigenvalue weighted by Crippen LogP contribution is 2.27. The second-order valence-electron chi connectivity index (χ2n) is 3.04. The predicted octanol–water partition coefficient (Wildman–Crippen LogP) is 1.29. The number of nitrogens with two attached hydrogens (primary N) is 1. The summed E-state index contributed by atoms with van der Waals surface area (Å²) in [4.78, 5) is 14.9. The first kappa shape index (κ1) is 10.6. The van der Waals surface area contributed by atoms with Crippen molar-refractivity contribution in [3.8, 4) is 5.75 Å². The van der Waals surface area contributed by atoms with Crippen LogP contribution >= 0.6 is 11.6 Å². The van der Waals surface area contributed by atoms with Gasteiger partial charge in [0.05, 0.1) is 22.9 Å². The van der Waals surface area contributed by atoms with E-state index in [-0.39, 0.29) is 5.75 Å². The second kappa shape index (κ2) is 3.90. The molecule has 0 radical (unpaired) electrons. The van der Waals surface area contributed by atoms with Crippen LogP contribution in [0, 0.1) is 0 Å². The van der Waals surface area contributed by atoms with E-state index in [1.54, 1.807) is 16.7 Å². The minimum absolute atomic E-state index is 0.221. The molecule has 0 aliphatic carbocycles. The number of halogens is 1. The lowest BCUT2D eigenvalue weighted by molar-refractivity contribution is 0.203. The second-order valence-corrected chi connectivity index (χ2v) is 3.44. The highest BCUT2D eigenvalue weighted by atomic mass is 35.5. The number of hydrogen-bond acceptors (Lipinski definition) is 4. The van der Waals surface area contributed by atoms with Crippen molar-refractivity contribution in [1.29, 1.82) is 0 Å². The molecule has 0 bridgehead atoms. The molecule has 2 aromatic heterocycles. The average Bonchev–Trinajstić information content (AvgIpc) is 2.61. The number of hydrogen-bond donors (Lipinski definition) is 2. The SMILES string of the molecule is CNC(=O)Oc1cn2c(N)ncc2cc1Cl. The molecule has 2 rings (SSSR count). The van der Waals surface area contributed by atoms with Crippen LogP contribution in [-0.4, -0.2) is 22.5 Å². The Balaban J connectivity index is 2.48. The summed E-state index contributed by atoms with van der Waals surface area (Å²) in [6.45, 7) is 0. The van der Waals surface area contributed by atoms with Crippen LogP contribution < -0.4 is 15.8 Å². The highest BCUT2D eigenvalue weighted by molar-refractivity contribution is 6.32.